The summed E-state index contributed by atoms with van der Waals surface area (Å²) < 4.78 is 6.10. The normalized spacial score (nSPS) is 12.2. The predicted octanol–water partition coefficient (Wildman–Crippen LogP) is 1.93. The number of rotatable bonds is 5. The second kappa shape index (κ2) is 7.57. The van der Waals surface area contributed by atoms with Crippen molar-refractivity contribution in [2.75, 3.05) is 13.1 Å². The van der Waals surface area contributed by atoms with E-state index in [-0.39, 0.29) is 0 Å². The second-order valence-corrected chi connectivity index (χ2v) is 5.42. The highest BCUT2D eigenvalue weighted by atomic mass is 16.6. The van der Waals surface area contributed by atoms with Crippen LogP contribution >= 0.6 is 0 Å². The smallest absolute Gasteiger partial charge is 0.407 e. The summed E-state index contributed by atoms with van der Waals surface area (Å²) in [7, 11) is 0. The standard InChI is InChI=1S/C14H23N3O3/c1-14(2,3)20-13(18)16-10-6-5-9-15-12-8-4-7-11-17(12)19/h4,7-8,11,19H,5-6,9-10H2,1-3H3,(H,16,18). The van der Waals surface area contributed by atoms with Gasteiger partial charge in [0, 0.05) is 19.3 Å². The van der Waals surface area contributed by atoms with E-state index in [0.717, 1.165) is 17.6 Å². The maximum Gasteiger partial charge on any atom is 0.407 e. The van der Waals surface area contributed by atoms with Gasteiger partial charge in [-0.2, -0.15) is 4.73 Å². The third-order valence-electron chi connectivity index (χ3n) is 2.35. The molecule has 0 saturated carbocycles. The van der Waals surface area contributed by atoms with E-state index >= 15 is 0 Å². The maximum atomic E-state index is 11.4. The first-order valence-corrected chi connectivity index (χ1v) is 6.73. The first-order valence-electron chi connectivity index (χ1n) is 6.73. The van der Waals surface area contributed by atoms with Gasteiger partial charge in [-0.05, 0) is 45.7 Å². The van der Waals surface area contributed by atoms with Crippen LogP contribution in [0, 0.1) is 0 Å². The molecule has 0 fully saturated rings. The molecule has 0 aliphatic heterocycles. The minimum atomic E-state index is -0.471. The zero-order valence-corrected chi connectivity index (χ0v) is 12.3. The van der Waals surface area contributed by atoms with E-state index in [0.29, 0.717) is 18.6 Å². The largest absolute Gasteiger partial charge is 0.444 e. The first-order chi connectivity index (χ1) is 9.38. The molecule has 0 aromatic carbocycles. The SMILES string of the molecule is CC(C)(C)OC(=O)NCCCCN=c1ccccn1O. The van der Waals surface area contributed by atoms with Gasteiger partial charge in [-0.25, -0.2) is 4.79 Å². The number of hydrogen-bond acceptors (Lipinski definition) is 4. The number of amides is 1. The van der Waals surface area contributed by atoms with Gasteiger partial charge in [0.15, 0.2) is 5.49 Å². The molecule has 0 saturated heterocycles. The predicted molar refractivity (Wildman–Crippen MR) is 75.5 cm³/mol. The Kier molecular flexibility index (Phi) is 6.09. The van der Waals surface area contributed by atoms with E-state index in [1.54, 1.807) is 12.1 Å². The third kappa shape index (κ3) is 6.82. The lowest BCUT2D eigenvalue weighted by atomic mass is 10.2. The van der Waals surface area contributed by atoms with Crippen LogP contribution in [0.4, 0.5) is 4.79 Å². The Morgan fingerprint density at radius 2 is 2.15 bits per heavy atom. The fourth-order valence-electron chi connectivity index (χ4n) is 1.49. The lowest BCUT2D eigenvalue weighted by Gasteiger charge is -2.19. The van der Waals surface area contributed by atoms with Gasteiger partial charge in [0.2, 0.25) is 0 Å². The van der Waals surface area contributed by atoms with Crippen molar-refractivity contribution in [1.29, 1.82) is 0 Å². The fraction of sp³-hybridized carbons (Fsp3) is 0.571. The number of carbonyl (C=O) groups is 1. The van der Waals surface area contributed by atoms with Crippen LogP contribution in [0.3, 0.4) is 0 Å². The quantitative estimate of drug-likeness (QED) is 0.639. The van der Waals surface area contributed by atoms with Crippen LogP contribution in [0.5, 0.6) is 0 Å². The summed E-state index contributed by atoms with van der Waals surface area (Å²) in [6, 6.07) is 5.28. The van der Waals surface area contributed by atoms with Crippen LogP contribution in [0.1, 0.15) is 33.6 Å². The van der Waals surface area contributed by atoms with E-state index in [9.17, 15) is 10.0 Å². The molecular weight excluding hydrogens is 258 g/mol. The van der Waals surface area contributed by atoms with Crippen molar-refractivity contribution >= 4 is 6.09 Å². The molecule has 1 rings (SSSR count). The van der Waals surface area contributed by atoms with Gasteiger partial charge in [0.25, 0.3) is 0 Å². The van der Waals surface area contributed by atoms with Gasteiger partial charge in [-0.15, -0.1) is 0 Å². The number of aromatic nitrogens is 1. The first kappa shape index (κ1) is 16.1. The number of unbranched alkanes of at least 4 members (excludes halogenated alkanes) is 1. The maximum absolute atomic E-state index is 11.4. The highest BCUT2D eigenvalue weighted by Crippen LogP contribution is 2.06. The number of nitrogens with one attached hydrogen (secondary N) is 1. The Hall–Kier alpha value is -1.98. The van der Waals surface area contributed by atoms with Gasteiger partial charge in [0.1, 0.15) is 5.60 Å². The van der Waals surface area contributed by atoms with Gasteiger partial charge in [0.05, 0.1) is 0 Å². The Labute approximate surface area is 119 Å². The average molecular weight is 281 g/mol. The van der Waals surface area contributed by atoms with Gasteiger partial charge < -0.3 is 15.3 Å². The molecule has 0 spiro atoms. The molecule has 6 heteroatoms. The molecule has 1 aromatic heterocycles. The van der Waals surface area contributed by atoms with Crippen LogP contribution in [-0.4, -0.2) is 34.7 Å². The van der Waals surface area contributed by atoms with Gasteiger partial charge in [-0.3, -0.25) is 4.99 Å². The highest BCUT2D eigenvalue weighted by Gasteiger charge is 2.15. The molecule has 0 unspecified atom stereocenters. The molecule has 0 aliphatic rings. The summed E-state index contributed by atoms with van der Waals surface area (Å²) >= 11 is 0. The van der Waals surface area contributed by atoms with E-state index in [4.69, 9.17) is 4.74 Å². The summed E-state index contributed by atoms with van der Waals surface area (Å²) in [4.78, 5) is 15.6. The molecular formula is C14H23N3O3. The number of pyridine rings is 1. The Balaban J connectivity index is 2.19. The van der Waals surface area contributed by atoms with E-state index in [1.165, 1.54) is 6.20 Å². The van der Waals surface area contributed by atoms with Crippen LogP contribution in [0.2, 0.25) is 0 Å². The number of hydrogen-bond donors (Lipinski definition) is 2. The van der Waals surface area contributed by atoms with E-state index in [1.807, 2.05) is 26.8 Å². The lowest BCUT2D eigenvalue weighted by Crippen LogP contribution is -2.33. The fourth-order valence-corrected chi connectivity index (χ4v) is 1.49. The van der Waals surface area contributed by atoms with Gasteiger partial charge >= 0.3 is 6.09 Å². The number of alkyl carbamates (subject to hydrolysis) is 1. The molecule has 0 radical (unpaired) electrons. The van der Waals surface area contributed by atoms with Crippen LogP contribution < -0.4 is 10.8 Å². The van der Waals surface area contributed by atoms with Crippen molar-refractivity contribution < 1.29 is 14.7 Å². The Morgan fingerprint density at radius 1 is 1.40 bits per heavy atom. The monoisotopic (exact) mass is 281 g/mol. The van der Waals surface area contributed by atoms with Crippen molar-refractivity contribution in [3.63, 3.8) is 0 Å². The summed E-state index contributed by atoms with van der Waals surface area (Å²) in [5.41, 5.74) is 0.0502. The van der Waals surface area contributed by atoms with Gasteiger partial charge in [-0.1, -0.05) is 6.07 Å². The van der Waals surface area contributed by atoms with Crippen molar-refractivity contribution in [2.45, 2.75) is 39.2 Å². The molecule has 1 heterocycles. The molecule has 2 N–H and O–H groups in total. The molecule has 20 heavy (non-hydrogen) atoms. The molecule has 6 nitrogen and oxygen atoms in total. The summed E-state index contributed by atoms with van der Waals surface area (Å²) in [5.74, 6) is 0. The number of nitrogens with zero attached hydrogens (tertiary/aromatic N) is 2. The van der Waals surface area contributed by atoms with Crippen molar-refractivity contribution in [3.8, 4) is 0 Å². The summed E-state index contributed by atoms with van der Waals surface area (Å²) in [6.45, 7) is 6.64. The van der Waals surface area contributed by atoms with Crippen LogP contribution in [-0.2, 0) is 4.74 Å². The topological polar surface area (TPSA) is 75.8 Å². The Morgan fingerprint density at radius 3 is 2.80 bits per heavy atom. The van der Waals surface area contributed by atoms with Crippen molar-refractivity contribution in [2.24, 2.45) is 4.99 Å². The lowest BCUT2D eigenvalue weighted by molar-refractivity contribution is 0.0527. The average Bonchev–Trinajstić information content (AvgIpc) is 2.33. The molecule has 1 aromatic rings. The molecule has 0 atom stereocenters. The zero-order valence-electron chi connectivity index (χ0n) is 12.3. The van der Waals surface area contributed by atoms with Crippen molar-refractivity contribution in [1.82, 2.24) is 10.0 Å². The number of ether oxygens (including phenoxy) is 1. The minimum Gasteiger partial charge on any atom is -0.444 e. The summed E-state index contributed by atoms with van der Waals surface area (Å²) in [5, 5.41) is 12.1. The molecule has 0 aliphatic carbocycles. The number of carbonyl (C=O) groups excluding carboxylic acids is 1. The summed E-state index contributed by atoms with van der Waals surface area (Å²) in [6.07, 6.45) is 2.76. The third-order valence-corrected chi connectivity index (χ3v) is 2.35. The van der Waals surface area contributed by atoms with Crippen molar-refractivity contribution in [3.05, 3.63) is 29.9 Å². The Bertz CT molecular complexity index is 489. The second-order valence-electron chi connectivity index (χ2n) is 5.42. The van der Waals surface area contributed by atoms with E-state index < -0.39 is 11.7 Å². The van der Waals surface area contributed by atoms with E-state index in [2.05, 4.69) is 10.3 Å². The molecule has 0 bridgehead atoms. The molecule has 1 amide bonds. The zero-order chi connectivity index (χ0) is 15.0. The van der Waals surface area contributed by atoms with Crippen LogP contribution in [0.25, 0.3) is 0 Å². The minimum absolute atomic E-state index is 0.398. The van der Waals surface area contributed by atoms with Crippen LogP contribution in [0.15, 0.2) is 29.4 Å². The highest BCUT2D eigenvalue weighted by molar-refractivity contribution is 5.67. The molecule has 112 valence electrons.